The second-order valence-electron chi connectivity index (χ2n) is 5.00. The highest BCUT2D eigenvalue weighted by molar-refractivity contribution is 7.71. The van der Waals surface area contributed by atoms with E-state index >= 15 is 0 Å². The van der Waals surface area contributed by atoms with Gasteiger partial charge in [-0.3, -0.25) is 0 Å². The molecule has 1 aromatic carbocycles. The number of rotatable bonds is 2. The highest BCUT2D eigenvalue weighted by atomic mass is 32.1. The number of hydrogen-bond acceptors (Lipinski definition) is 2. The van der Waals surface area contributed by atoms with Gasteiger partial charge in [-0.15, -0.1) is 0 Å². The molecular formula is C14H18N2OS. The minimum absolute atomic E-state index is 0.310. The third-order valence-electron chi connectivity index (χ3n) is 3.68. The maximum atomic E-state index is 5.80. The Morgan fingerprint density at radius 3 is 3.11 bits per heavy atom. The first kappa shape index (κ1) is 11.9. The Balaban J connectivity index is 1.98. The van der Waals surface area contributed by atoms with E-state index in [0.29, 0.717) is 6.10 Å². The number of para-hydroxylation sites is 1. The van der Waals surface area contributed by atoms with Crippen molar-refractivity contribution in [3.63, 3.8) is 0 Å². The molecule has 1 unspecified atom stereocenters. The predicted molar refractivity (Wildman–Crippen MR) is 75.5 cm³/mol. The maximum Gasteiger partial charge on any atom is 0.178 e. The van der Waals surface area contributed by atoms with Crippen molar-refractivity contribution < 1.29 is 4.74 Å². The predicted octanol–water partition coefficient (Wildman–Crippen LogP) is 3.58. The molecule has 18 heavy (non-hydrogen) atoms. The molecule has 2 heterocycles. The number of nitrogens with zero attached hydrogens (tertiary/aromatic N) is 1. The molecule has 1 aliphatic rings. The van der Waals surface area contributed by atoms with Gasteiger partial charge in [0.25, 0.3) is 0 Å². The molecule has 96 valence electrons. The van der Waals surface area contributed by atoms with Gasteiger partial charge in [-0.1, -0.05) is 12.1 Å². The SMILES string of the molecule is Cc1cccc2c1[nH]c(=S)n2CC1CCCCO1. The Morgan fingerprint density at radius 2 is 2.33 bits per heavy atom. The van der Waals surface area contributed by atoms with Gasteiger partial charge >= 0.3 is 0 Å². The fraction of sp³-hybridized carbons (Fsp3) is 0.500. The maximum absolute atomic E-state index is 5.80. The molecule has 3 nitrogen and oxygen atoms in total. The third-order valence-corrected chi connectivity index (χ3v) is 4.00. The van der Waals surface area contributed by atoms with Gasteiger partial charge in [-0.25, -0.2) is 0 Å². The molecule has 0 spiro atoms. The molecule has 1 aliphatic heterocycles. The zero-order valence-electron chi connectivity index (χ0n) is 10.6. The van der Waals surface area contributed by atoms with Gasteiger partial charge in [0.05, 0.1) is 23.7 Å². The average Bonchev–Trinajstić information content (AvgIpc) is 2.70. The molecular weight excluding hydrogens is 244 g/mol. The first-order valence-corrected chi connectivity index (χ1v) is 6.96. The lowest BCUT2D eigenvalue weighted by molar-refractivity contribution is 0.00641. The zero-order chi connectivity index (χ0) is 12.5. The summed E-state index contributed by atoms with van der Waals surface area (Å²) in [5.74, 6) is 0. The van der Waals surface area contributed by atoms with Crippen LogP contribution in [0.5, 0.6) is 0 Å². The van der Waals surface area contributed by atoms with Gasteiger partial charge in [-0.2, -0.15) is 0 Å². The fourth-order valence-electron chi connectivity index (χ4n) is 2.66. The van der Waals surface area contributed by atoms with Crippen LogP contribution in [-0.4, -0.2) is 22.3 Å². The molecule has 0 bridgehead atoms. The summed E-state index contributed by atoms with van der Waals surface area (Å²) in [6, 6.07) is 6.31. The lowest BCUT2D eigenvalue weighted by atomic mass is 10.1. The van der Waals surface area contributed by atoms with Crippen LogP contribution in [0.1, 0.15) is 24.8 Å². The van der Waals surface area contributed by atoms with Crippen LogP contribution in [0.25, 0.3) is 11.0 Å². The van der Waals surface area contributed by atoms with Gasteiger partial charge in [0, 0.05) is 6.61 Å². The number of imidazole rings is 1. The zero-order valence-corrected chi connectivity index (χ0v) is 11.4. The van der Waals surface area contributed by atoms with E-state index in [1.165, 1.54) is 23.9 Å². The lowest BCUT2D eigenvalue weighted by Crippen LogP contribution is -2.24. The van der Waals surface area contributed by atoms with E-state index in [1.54, 1.807) is 0 Å². The van der Waals surface area contributed by atoms with E-state index in [0.717, 1.165) is 29.9 Å². The molecule has 0 amide bonds. The van der Waals surface area contributed by atoms with Crippen LogP contribution in [0, 0.1) is 11.7 Å². The number of nitrogens with one attached hydrogen (secondary N) is 1. The molecule has 1 fully saturated rings. The molecule has 1 saturated heterocycles. The third kappa shape index (κ3) is 2.10. The summed E-state index contributed by atoms with van der Waals surface area (Å²) in [5, 5.41) is 0. The minimum atomic E-state index is 0.310. The summed E-state index contributed by atoms with van der Waals surface area (Å²) in [5.41, 5.74) is 3.58. The van der Waals surface area contributed by atoms with Crippen molar-refractivity contribution in [2.45, 2.75) is 38.8 Å². The Hall–Kier alpha value is -1.13. The van der Waals surface area contributed by atoms with Gasteiger partial charge in [0.1, 0.15) is 0 Å². The van der Waals surface area contributed by atoms with Gasteiger partial charge in [0.15, 0.2) is 4.77 Å². The monoisotopic (exact) mass is 262 g/mol. The number of ether oxygens (including phenoxy) is 1. The summed E-state index contributed by atoms with van der Waals surface area (Å²) in [6.07, 6.45) is 3.90. The number of aromatic nitrogens is 2. The first-order chi connectivity index (χ1) is 8.75. The largest absolute Gasteiger partial charge is 0.376 e. The highest BCUT2D eigenvalue weighted by Crippen LogP contribution is 2.21. The van der Waals surface area contributed by atoms with Crippen molar-refractivity contribution >= 4 is 23.3 Å². The van der Waals surface area contributed by atoms with Gasteiger partial charge in [0.2, 0.25) is 0 Å². The molecule has 1 N–H and O–H groups in total. The Morgan fingerprint density at radius 1 is 1.44 bits per heavy atom. The molecule has 4 heteroatoms. The molecule has 2 aromatic rings. The Bertz CT molecular complexity index is 608. The summed E-state index contributed by atoms with van der Waals surface area (Å²) < 4.78 is 8.78. The van der Waals surface area contributed by atoms with E-state index in [4.69, 9.17) is 17.0 Å². The minimum Gasteiger partial charge on any atom is -0.376 e. The number of benzene rings is 1. The van der Waals surface area contributed by atoms with Crippen LogP contribution < -0.4 is 0 Å². The standard InChI is InChI=1S/C14H18N2OS/c1-10-5-4-7-12-13(10)15-14(18)16(12)9-11-6-2-3-8-17-11/h4-5,7,11H,2-3,6,8-9H2,1H3,(H,15,18). The second kappa shape index (κ2) is 4.86. The van der Waals surface area contributed by atoms with Crippen LogP contribution in [0.15, 0.2) is 18.2 Å². The molecule has 3 rings (SSSR count). The first-order valence-electron chi connectivity index (χ1n) is 6.55. The summed E-state index contributed by atoms with van der Waals surface area (Å²) in [6.45, 7) is 3.86. The summed E-state index contributed by atoms with van der Waals surface area (Å²) in [7, 11) is 0. The molecule has 1 atom stereocenters. The lowest BCUT2D eigenvalue weighted by Gasteiger charge is -2.23. The van der Waals surface area contributed by atoms with Crippen LogP contribution in [0.2, 0.25) is 0 Å². The Kier molecular flexibility index (Phi) is 3.22. The fourth-order valence-corrected chi connectivity index (χ4v) is 2.93. The molecule has 0 radical (unpaired) electrons. The van der Waals surface area contributed by atoms with E-state index in [-0.39, 0.29) is 0 Å². The van der Waals surface area contributed by atoms with Gasteiger partial charge < -0.3 is 14.3 Å². The van der Waals surface area contributed by atoms with Crippen molar-refractivity contribution in [3.8, 4) is 0 Å². The normalized spacial score (nSPS) is 20.4. The number of H-pyrrole nitrogens is 1. The number of aromatic amines is 1. The van der Waals surface area contributed by atoms with E-state index < -0.39 is 0 Å². The highest BCUT2D eigenvalue weighted by Gasteiger charge is 2.16. The van der Waals surface area contributed by atoms with Crippen molar-refractivity contribution in [1.82, 2.24) is 9.55 Å². The summed E-state index contributed by atoms with van der Waals surface area (Å²) >= 11 is 5.43. The van der Waals surface area contributed by atoms with E-state index in [1.807, 2.05) is 0 Å². The average molecular weight is 262 g/mol. The molecule has 0 aliphatic carbocycles. The van der Waals surface area contributed by atoms with Crippen LogP contribution in [0.3, 0.4) is 0 Å². The topological polar surface area (TPSA) is 29.9 Å². The number of aryl methyl sites for hydroxylation is 1. The van der Waals surface area contributed by atoms with E-state index in [9.17, 15) is 0 Å². The van der Waals surface area contributed by atoms with Gasteiger partial charge in [-0.05, 0) is 50.0 Å². The Labute approximate surface area is 112 Å². The van der Waals surface area contributed by atoms with Crippen molar-refractivity contribution in [3.05, 3.63) is 28.5 Å². The van der Waals surface area contributed by atoms with Crippen molar-refractivity contribution in [2.24, 2.45) is 0 Å². The molecule has 0 saturated carbocycles. The molecule has 1 aromatic heterocycles. The van der Waals surface area contributed by atoms with Crippen molar-refractivity contribution in [1.29, 1.82) is 0 Å². The van der Waals surface area contributed by atoms with Crippen LogP contribution in [-0.2, 0) is 11.3 Å². The smallest absolute Gasteiger partial charge is 0.178 e. The quantitative estimate of drug-likeness (QED) is 0.838. The summed E-state index contributed by atoms with van der Waals surface area (Å²) in [4.78, 5) is 3.31. The van der Waals surface area contributed by atoms with Crippen LogP contribution >= 0.6 is 12.2 Å². The number of fused-ring (bicyclic) bond motifs is 1. The van der Waals surface area contributed by atoms with Crippen molar-refractivity contribution in [2.75, 3.05) is 6.61 Å². The van der Waals surface area contributed by atoms with Crippen LogP contribution in [0.4, 0.5) is 0 Å². The second-order valence-corrected chi connectivity index (χ2v) is 5.39. The number of hydrogen-bond donors (Lipinski definition) is 1. The van der Waals surface area contributed by atoms with E-state index in [2.05, 4.69) is 34.7 Å².